The minimum atomic E-state index is -0.883. The largest absolute Gasteiger partial charge is 0.478 e. The maximum Gasteiger partial charge on any atom is 0.335 e. The lowest BCUT2D eigenvalue weighted by molar-refractivity contribution is 0.0697. The van der Waals surface area contributed by atoms with Crippen molar-refractivity contribution in [3.8, 4) is 0 Å². The molecule has 0 radical (unpaired) electrons. The van der Waals surface area contributed by atoms with Gasteiger partial charge in [0.2, 0.25) is 0 Å². The molecular formula is C10H15NO2. The first-order valence-electron chi connectivity index (χ1n) is 3.71. The number of carbonyl (C=O) groups is 1. The first kappa shape index (κ1) is 11.6. The van der Waals surface area contributed by atoms with E-state index in [0.29, 0.717) is 5.56 Å². The van der Waals surface area contributed by atoms with Crippen LogP contribution in [0.1, 0.15) is 23.3 Å². The van der Waals surface area contributed by atoms with Crippen LogP contribution in [0.4, 0.5) is 0 Å². The van der Waals surface area contributed by atoms with E-state index < -0.39 is 5.97 Å². The predicted octanol–water partition coefficient (Wildman–Crippen LogP) is 1.74. The van der Waals surface area contributed by atoms with Gasteiger partial charge in [0.1, 0.15) is 0 Å². The molecule has 0 saturated carbocycles. The molecule has 1 aromatic rings. The highest BCUT2D eigenvalue weighted by Crippen LogP contribution is 2.03. The quantitative estimate of drug-likeness (QED) is 0.746. The Labute approximate surface area is 78.4 Å². The van der Waals surface area contributed by atoms with Gasteiger partial charge in [-0.1, -0.05) is 19.6 Å². The zero-order chi connectivity index (χ0) is 8.97. The summed E-state index contributed by atoms with van der Waals surface area (Å²) in [6.45, 7) is 0.764. The van der Waals surface area contributed by atoms with Gasteiger partial charge in [-0.05, 0) is 24.7 Å². The molecule has 0 unspecified atom stereocenters. The van der Waals surface area contributed by atoms with Crippen molar-refractivity contribution in [3.63, 3.8) is 0 Å². The average Bonchev–Trinajstić information content (AvgIpc) is 2.06. The molecule has 0 atom stereocenters. The fraction of sp³-hybridized carbons (Fsp3) is 0.300. The van der Waals surface area contributed by atoms with Crippen LogP contribution in [0.5, 0.6) is 0 Å². The van der Waals surface area contributed by atoms with Crippen LogP contribution in [0.25, 0.3) is 0 Å². The molecule has 0 aromatic heterocycles. The Morgan fingerprint density at radius 3 is 2.31 bits per heavy atom. The van der Waals surface area contributed by atoms with E-state index >= 15 is 0 Å². The van der Waals surface area contributed by atoms with Gasteiger partial charge >= 0.3 is 5.97 Å². The van der Waals surface area contributed by atoms with Crippen LogP contribution in [-0.2, 0) is 6.54 Å². The first-order valence-corrected chi connectivity index (χ1v) is 3.71. The summed E-state index contributed by atoms with van der Waals surface area (Å²) in [5.74, 6) is -0.883. The van der Waals surface area contributed by atoms with Gasteiger partial charge in [0, 0.05) is 6.54 Å². The molecule has 72 valence electrons. The predicted molar refractivity (Wildman–Crippen MR) is 52.9 cm³/mol. The lowest BCUT2D eigenvalue weighted by Crippen LogP contribution is -2.05. The lowest BCUT2D eigenvalue weighted by Gasteiger charge is -1.99. The molecule has 0 aliphatic rings. The van der Waals surface area contributed by atoms with E-state index in [0.717, 1.165) is 12.1 Å². The Morgan fingerprint density at radius 2 is 1.92 bits per heavy atom. The van der Waals surface area contributed by atoms with E-state index in [1.54, 1.807) is 24.3 Å². The van der Waals surface area contributed by atoms with E-state index in [9.17, 15) is 4.79 Å². The summed E-state index contributed by atoms with van der Waals surface area (Å²) >= 11 is 0. The summed E-state index contributed by atoms with van der Waals surface area (Å²) in [6, 6.07) is 6.82. The number of benzene rings is 1. The molecule has 2 N–H and O–H groups in total. The van der Waals surface area contributed by atoms with Crippen LogP contribution in [0.3, 0.4) is 0 Å². The number of carboxylic acids is 1. The molecule has 0 saturated heterocycles. The molecule has 0 heterocycles. The van der Waals surface area contributed by atoms with Crippen molar-refractivity contribution in [2.45, 2.75) is 14.0 Å². The van der Waals surface area contributed by atoms with Gasteiger partial charge in [0.05, 0.1) is 5.56 Å². The summed E-state index contributed by atoms with van der Waals surface area (Å²) in [4.78, 5) is 10.5. The lowest BCUT2D eigenvalue weighted by atomic mass is 10.1. The van der Waals surface area contributed by atoms with E-state index in [2.05, 4.69) is 5.32 Å². The SMILES string of the molecule is C.CNCc1ccc(C(=O)O)cc1. The molecule has 0 aliphatic heterocycles. The highest BCUT2D eigenvalue weighted by molar-refractivity contribution is 5.87. The van der Waals surface area contributed by atoms with E-state index in [1.165, 1.54) is 0 Å². The number of hydrogen-bond donors (Lipinski definition) is 2. The standard InChI is InChI=1S/C9H11NO2.CH4/c1-10-6-7-2-4-8(5-3-7)9(11)12;/h2-5,10H,6H2,1H3,(H,11,12);1H4. The van der Waals surface area contributed by atoms with Crippen LogP contribution < -0.4 is 5.32 Å². The summed E-state index contributed by atoms with van der Waals surface area (Å²) in [6.07, 6.45) is 0. The average molecular weight is 181 g/mol. The van der Waals surface area contributed by atoms with Gasteiger partial charge in [0.25, 0.3) is 0 Å². The molecule has 0 amide bonds. The zero-order valence-corrected chi connectivity index (χ0v) is 6.87. The topological polar surface area (TPSA) is 49.3 Å². The molecule has 13 heavy (non-hydrogen) atoms. The Balaban J connectivity index is 0.00000144. The van der Waals surface area contributed by atoms with Crippen molar-refractivity contribution in [1.82, 2.24) is 5.32 Å². The van der Waals surface area contributed by atoms with Crippen LogP contribution in [0, 0.1) is 0 Å². The molecular weight excluding hydrogens is 166 g/mol. The second kappa shape index (κ2) is 5.32. The first-order chi connectivity index (χ1) is 5.74. The van der Waals surface area contributed by atoms with Gasteiger partial charge in [-0.3, -0.25) is 0 Å². The summed E-state index contributed by atoms with van der Waals surface area (Å²) in [5.41, 5.74) is 1.41. The van der Waals surface area contributed by atoms with Crippen LogP contribution in [0.2, 0.25) is 0 Å². The monoisotopic (exact) mass is 181 g/mol. The van der Waals surface area contributed by atoms with Crippen molar-refractivity contribution in [2.75, 3.05) is 7.05 Å². The van der Waals surface area contributed by atoms with Crippen molar-refractivity contribution in [1.29, 1.82) is 0 Å². The van der Waals surface area contributed by atoms with Gasteiger partial charge in [-0.15, -0.1) is 0 Å². The summed E-state index contributed by atoms with van der Waals surface area (Å²) in [5, 5.41) is 11.6. The Morgan fingerprint density at radius 1 is 1.38 bits per heavy atom. The Hall–Kier alpha value is -1.35. The van der Waals surface area contributed by atoms with Crippen molar-refractivity contribution >= 4 is 5.97 Å². The Kier molecular flexibility index (Phi) is 4.77. The highest BCUT2D eigenvalue weighted by atomic mass is 16.4. The minimum Gasteiger partial charge on any atom is -0.478 e. The normalized spacial score (nSPS) is 9.00. The second-order valence-corrected chi connectivity index (χ2v) is 2.53. The Bertz CT molecular complexity index is 267. The zero-order valence-electron chi connectivity index (χ0n) is 6.87. The van der Waals surface area contributed by atoms with Gasteiger partial charge in [-0.25, -0.2) is 4.79 Å². The molecule has 0 spiro atoms. The number of hydrogen-bond acceptors (Lipinski definition) is 2. The number of rotatable bonds is 3. The fourth-order valence-corrected chi connectivity index (χ4v) is 0.969. The minimum absolute atomic E-state index is 0. The van der Waals surface area contributed by atoms with Crippen molar-refractivity contribution in [3.05, 3.63) is 35.4 Å². The second-order valence-electron chi connectivity index (χ2n) is 2.53. The van der Waals surface area contributed by atoms with Crippen LogP contribution in [-0.4, -0.2) is 18.1 Å². The maximum atomic E-state index is 10.5. The number of carboxylic acid groups (broad SMARTS) is 1. The fourth-order valence-electron chi connectivity index (χ4n) is 0.969. The van der Waals surface area contributed by atoms with Crippen molar-refractivity contribution in [2.24, 2.45) is 0 Å². The summed E-state index contributed by atoms with van der Waals surface area (Å²) in [7, 11) is 1.85. The van der Waals surface area contributed by atoms with Gasteiger partial charge in [-0.2, -0.15) is 0 Å². The number of nitrogens with one attached hydrogen (secondary N) is 1. The van der Waals surface area contributed by atoms with E-state index in [-0.39, 0.29) is 7.43 Å². The smallest absolute Gasteiger partial charge is 0.335 e. The van der Waals surface area contributed by atoms with Gasteiger partial charge in [0.15, 0.2) is 0 Å². The molecule has 3 heteroatoms. The maximum absolute atomic E-state index is 10.5. The molecule has 1 aromatic carbocycles. The highest BCUT2D eigenvalue weighted by Gasteiger charge is 2.00. The number of aromatic carboxylic acids is 1. The molecule has 1 rings (SSSR count). The molecule has 0 aliphatic carbocycles. The van der Waals surface area contributed by atoms with Crippen LogP contribution >= 0.6 is 0 Å². The molecule has 0 fully saturated rings. The van der Waals surface area contributed by atoms with Crippen LogP contribution in [0.15, 0.2) is 24.3 Å². The molecule has 3 nitrogen and oxygen atoms in total. The summed E-state index contributed by atoms with van der Waals surface area (Å²) < 4.78 is 0. The van der Waals surface area contributed by atoms with Gasteiger partial charge < -0.3 is 10.4 Å². The van der Waals surface area contributed by atoms with E-state index in [1.807, 2.05) is 7.05 Å². The third-order valence-electron chi connectivity index (χ3n) is 1.58. The van der Waals surface area contributed by atoms with Crippen molar-refractivity contribution < 1.29 is 9.90 Å². The molecule has 0 bridgehead atoms. The third-order valence-corrected chi connectivity index (χ3v) is 1.58. The third kappa shape index (κ3) is 3.25. The van der Waals surface area contributed by atoms with E-state index in [4.69, 9.17) is 5.11 Å².